The number of carbonyl (C=O) groups excluding carboxylic acids is 1. The van der Waals surface area contributed by atoms with Crippen molar-refractivity contribution in [1.82, 2.24) is 0 Å². The third-order valence-electron chi connectivity index (χ3n) is 5.60. The molecule has 0 aromatic carbocycles. The van der Waals surface area contributed by atoms with Gasteiger partial charge in [0, 0.05) is 5.41 Å². The van der Waals surface area contributed by atoms with Crippen LogP contribution < -0.4 is 0 Å². The Balaban J connectivity index is 2.54. The fraction of sp³-hybridized carbons (Fsp3) is 0.688. The molecule has 0 radical (unpaired) electrons. The van der Waals surface area contributed by atoms with E-state index in [1.807, 2.05) is 0 Å². The molecule has 94 valence electrons. The number of allylic oxidation sites excluding steroid dienone is 4. The predicted octanol–water partition coefficient (Wildman–Crippen LogP) is 4.29. The molecule has 0 saturated carbocycles. The lowest BCUT2D eigenvalue weighted by molar-refractivity contribution is -0.135. The van der Waals surface area contributed by atoms with Crippen LogP contribution in [0.25, 0.3) is 0 Å². The van der Waals surface area contributed by atoms with Crippen molar-refractivity contribution in [1.29, 1.82) is 0 Å². The van der Waals surface area contributed by atoms with Crippen LogP contribution in [0.5, 0.6) is 0 Å². The highest BCUT2D eigenvalue weighted by molar-refractivity contribution is 5.84. The van der Waals surface area contributed by atoms with E-state index in [1.54, 1.807) is 12.5 Å². The Morgan fingerprint density at radius 2 is 1.82 bits per heavy atom. The summed E-state index contributed by atoms with van der Waals surface area (Å²) in [5.41, 5.74) is 2.90. The van der Waals surface area contributed by atoms with Gasteiger partial charge >= 0.3 is 0 Å². The summed E-state index contributed by atoms with van der Waals surface area (Å²) in [6.07, 6.45) is 7.77. The van der Waals surface area contributed by atoms with Crippen molar-refractivity contribution < 1.29 is 4.79 Å². The molecule has 0 N–H and O–H groups in total. The largest absolute Gasteiger partial charge is 0.299 e. The number of carbonyl (C=O) groups is 1. The number of hydrogen-bond acceptors (Lipinski definition) is 1. The van der Waals surface area contributed by atoms with Crippen LogP contribution in [0.2, 0.25) is 0 Å². The fourth-order valence-corrected chi connectivity index (χ4v) is 3.89. The minimum absolute atomic E-state index is 0.00338. The minimum atomic E-state index is -0.211. The average molecular weight is 232 g/mol. The molecule has 0 fully saturated rings. The normalized spacial score (nSPS) is 35.7. The summed E-state index contributed by atoms with van der Waals surface area (Å²) in [4.78, 5) is 12.2. The number of hydrogen-bond donors (Lipinski definition) is 0. The summed E-state index contributed by atoms with van der Waals surface area (Å²) in [7, 11) is 0. The third kappa shape index (κ3) is 1.55. The van der Waals surface area contributed by atoms with Gasteiger partial charge in [-0.15, -0.1) is 0 Å². The number of rotatable bonds is 1. The van der Waals surface area contributed by atoms with Crippen LogP contribution in [0.3, 0.4) is 0 Å². The second kappa shape index (κ2) is 3.83. The Kier molecular flexibility index (Phi) is 2.84. The predicted molar refractivity (Wildman–Crippen MR) is 71.8 cm³/mol. The topological polar surface area (TPSA) is 17.1 Å². The lowest BCUT2D eigenvalue weighted by Gasteiger charge is -2.53. The van der Waals surface area contributed by atoms with E-state index in [-0.39, 0.29) is 10.8 Å². The van der Waals surface area contributed by atoms with Crippen LogP contribution in [0, 0.1) is 16.7 Å². The molecule has 17 heavy (non-hydrogen) atoms. The van der Waals surface area contributed by atoms with Crippen molar-refractivity contribution in [3.8, 4) is 0 Å². The van der Waals surface area contributed by atoms with Gasteiger partial charge in [-0.2, -0.15) is 0 Å². The first-order chi connectivity index (χ1) is 7.81. The molecule has 2 unspecified atom stereocenters. The summed E-state index contributed by atoms with van der Waals surface area (Å²) in [6.45, 7) is 10.7. The zero-order valence-electron chi connectivity index (χ0n) is 11.8. The summed E-state index contributed by atoms with van der Waals surface area (Å²) in [5.74, 6) is 0.788. The lowest BCUT2D eigenvalue weighted by Crippen LogP contribution is -2.50. The maximum absolute atomic E-state index is 12.2. The van der Waals surface area contributed by atoms with E-state index in [2.05, 4.69) is 39.8 Å². The van der Waals surface area contributed by atoms with Gasteiger partial charge in [0.1, 0.15) is 5.78 Å². The Hall–Kier alpha value is -0.850. The standard InChI is InChI=1S/C16H24O/c1-11-10-13-8-6-7-9-14(13)15(3,4)16(11,5)12(2)17/h6-7,11H,8-10H2,1-5H3. The van der Waals surface area contributed by atoms with E-state index in [4.69, 9.17) is 0 Å². The van der Waals surface area contributed by atoms with E-state index in [0.29, 0.717) is 11.7 Å². The van der Waals surface area contributed by atoms with E-state index in [9.17, 15) is 4.79 Å². The highest BCUT2D eigenvalue weighted by Crippen LogP contribution is 2.58. The lowest BCUT2D eigenvalue weighted by atomic mass is 9.50. The maximum atomic E-state index is 12.2. The van der Waals surface area contributed by atoms with Crippen molar-refractivity contribution >= 4 is 5.78 Å². The molecule has 0 saturated heterocycles. The van der Waals surface area contributed by atoms with E-state index in [0.717, 1.165) is 19.3 Å². The zero-order chi connectivity index (χ0) is 12.8. The van der Waals surface area contributed by atoms with Crippen molar-refractivity contribution in [2.24, 2.45) is 16.7 Å². The molecular weight excluding hydrogens is 208 g/mol. The molecule has 1 nitrogen and oxygen atoms in total. The molecule has 0 spiro atoms. The minimum Gasteiger partial charge on any atom is -0.299 e. The van der Waals surface area contributed by atoms with Gasteiger partial charge in [-0.1, -0.05) is 51.0 Å². The van der Waals surface area contributed by atoms with Crippen molar-refractivity contribution in [3.63, 3.8) is 0 Å². The Labute approximate surface area is 105 Å². The first-order valence-corrected chi connectivity index (χ1v) is 6.69. The van der Waals surface area contributed by atoms with Crippen LogP contribution in [-0.4, -0.2) is 5.78 Å². The average Bonchev–Trinajstić information content (AvgIpc) is 2.26. The quantitative estimate of drug-likeness (QED) is 0.616. The molecule has 0 bridgehead atoms. The molecule has 0 amide bonds. The van der Waals surface area contributed by atoms with E-state index >= 15 is 0 Å². The molecule has 2 aliphatic rings. The van der Waals surface area contributed by atoms with Gasteiger partial charge in [0.2, 0.25) is 0 Å². The first-order valence-electron chi connectivity index (χ1n) is 6.69. The monoisotopic (exact) mass is 232 g/mol. The van der Waals surface area contributed by atoms with Crippen LogP contribution in [-0.2, 0) is 4.79 Å². The van der Waals surface area contributed by atoms with Crippen LogP contribution in [0.1, 0.15) is 53.9 Å². The van der Waals surface area contributed by atoms with Crippen LogP contribution in [0.15, 0.2) is 23.3 Å². The first kappa shape index (κ1) is 12.6. The van der Waals surface area contributed by atoms with Crippen LogP contribution >= 0.6 is 0 Å². The fourth-order valence-electron chi connectivity index (χ4n) is 3.89. The molecule has 2 aliphatic carbocycles. The van der Waals surface area contributed by atoms with Gasteiger partial charge in [0.05, 0.1) is 0 Å². The molecule has 0 aliphatic heterocycles. The zero-order valence-corrected chi connectivity index (χ0v) is 11.8. The summed E-state index contributed by atoms with van der Waals surface area (Å²) in [5, 5.41) is 0. The van der Waals surface area contributed by atoms with Crippen molar-refractivity contribution in [2.75, 3.05) is 0 Å². The maximum Gasteiger partial charge on any atom is 0.136 e. The second-order valence-corrected chi connectivity index (χ2v) is 6.45. The van der Waals surface area contributed by atoms with E-state index in [1.165, 1.54) is 5.57 Å². The number of Topliss-reactive ketones (excluding diaryl/α,β-unsaturated/α-hetero) is 1. The molecule has 2 atom stereocenters. The molecular formula is C16H24O. The van der Waals surface area contributed by atoms with Gasteiger partial charge in [0.15, 0.2) is 0 Å². The highest BCUT2D eigenvalue weighted by atomic mass is 16.1. The molecule has 1 heteroatoms. The third-order valence-corrected chi connectivity index (χ3v) is 5.60. The number of ketones is 1. The van der Waals surface area contributed by atoms with Gasteiger partial charge in [-0.25, -0.2) is 0 Å². The van der Waals surface area contributed by atoms with Crippen molar-refractivity contribution in [2.45, 2.75) is 53.9 Å². The van der Waals surface area contributed by atoms with E-state index < -0.39 is 0 Å². The summed E-state index contributed by atoms with van der Waals surface area (Å²) < 4.78 is 0. The van der Waals surface area contributed by atoms with Gasteiger partial charge in [-0.3, -0.25) is 4.79 Å². The van der Waals surface area contributed by atoms with Gasteiger partial charge < -0.3 is 0 Å². The summed E-state index contributed by atoms with van der Waals surface area (Å²) >= 11 is 0. The molecule has 0 aromatic heterocycles. The van der Waals surface area contributed by atoms with Crippen LogP contribution in [0.4, 0.5) is 0 Å². The second-order valence-electron chi connectivity index (χ2n) is 6.45. The van der Waals surface area contributed by atoms with Gasteiger partial charge in [0.25, 0.3) is 0 Å². The summed E-state index contributed by atoms with van der Waals surface area (Å²) in [6, 6.07) is 0. The Bertz CT molecular complexity index is 411. The Morgan fingerprint density at radius 3 is 2.41 bits per heavy atom. The molecule has 0 aromatic rings. The molecule has 0 heterocycles. The Morgan fingerprint density at radius 1 is 1.24 bits per heavy atom. The SMILES string of the molecule is CC(=O)C1(C)C(C)CC2=C(CC=CC2)C1(C)C. The highest BCUT2D eigenvalue weighted by Gasteiger charge is 2.53. The smallest absolute Gasteiger partial charge is 0.136 e. The van der Waals surface area contributed by atoms with Gasteiger partial charge in [-0.05, 0) is 37.5 Å². The molecule has 2 rings (SSSR count). The van der Waals surface area contributed by atoms with Crippen molar-refractivity contribution in [3.05, 3.63) is 23.3 Å².